The number of nitrogens with one attached hydrogen (secondary N) is 2. The van der Waals surface area contributed by atoms with Crippen molar-refractivity contribution < 1.29 is 14.3 Å². The Morgan fingerprint density at radius 1 is 1.35 bits per heavy atom. The van der Waals surface area contributed by atoms with Crippen LogP contribution < -0.4 is 16.4 Å². The van der Waals surface area contributed by atoms with Gasteiger partial charge in [-0.15, -0.1) is 0 Å². The maximum absolute atomic E-state index is 12.5. The molecule has 1 atom stereocenters. The van der Waals surface area contributed by atoms with Crippen molar-refractivity contribution in [2.75, 3.05) is 31.2 Å². The summed E-state index contributed by atoms with van der Waals surface area (Å²) in [5, 5.41) is 6.06. The van der Waals surface area contributed by atoms with E-state index in [9.17, 15) is 9.59 Å². The summed E-state index contributed by atoms with van der Waals surface area (Å²) < 4.78 is 5.47. The van der Waals surface area contributed by atoms with Crippen LogP contribution in [0.25, 0.3) is 0 Å². The molecule has 26 heavy (non-hydrogen) atoms. The minimum absolute atomic E-state index is 0.0436. The third-order valence-electron chi connectivity index (χ3n) is 4.43. The van der Waals surface area contributed by atoms with E-state index >= 15 is 0 Å². The summed E-state index contributed by atoms with van der Waals surface area (Å²) in [5.74, 6) is 0.0436. The molecule has 1 saturated heterocycles. The van der Waals surface area contributed by atoms with E-state index in [0.29, 0.717) is 18.7 Å². The van der Waals surface area contributed by atoms with Crippen LogP contribution in [0.2, 0.25) is 0 Å². The van der Waals surface area contributed by atoms with Gasteiger partial charge in [-0.3, -0.25) is 15.0 Å². The number of benzene rings is 1. The van der Waals surface area contributed by atoms with Gasteiger partial charge in [0.2, 0.25) is 0 Å². The molecule has 1 fully saturated rings. The van der Waals surface area contributed by atoms with Crippen LogP contribution in [0.1, 0.15) is 46.1 Å². The largest absolute Gasteiger partial charge is 0.444 e. The Balaban J connectivity index is 2.43. The van der Waals surface area contributed by atoms with Crippen LogP contribution in [0.3, 0.4) is 0 Å². The van der Waals surface area contributed by atoms with E-state index in [4.69, 9.17) is 10.5 Å². The summed E-state index contributed by atoms with van der Waals surface area (Å²) in [6.07, 6.45) is 1.03. The van der Waals surface area contributed by atoms with Gasteiger partial charge in [0.1, 0.15) is 17.0 Å². The quantitative estimate of drug-likeness (QED) is 0.697. The number of likely N-dealkylation sites (tertiary alicyclic amines) is 1. The van der Waals surface area contributed by atoms with Gasteiger partial charge >= 0.3 is 6.09 Å². The summed E-state index contributed by atoms with van der Waals surface area (Å²) in [6, 6.07) is 5.66. The van der Waals surface area contributed by atoms with Crippen molar-refractivity contribution >= 4 is 23.3 Å². The minimum atomic E-state index is -0.811. The normalized spacial score (nSPS) is 20.7. The van der Waals surface area contributed by atoms with E-state index in [-0.39, 0.29) is 12.3 Å². The van der Waals surface area contributed by atoms with Crippen LogP contribution in [0.5, 0.6) is 0 Å². The Hall–Kier alpha value is -2.28. The number of carbonyl (C=O) groups excluding carboxylic acids is 2. The van der Waals surface area contributed by atoms with E-state index < -0.39 is 17.4 Å². The molecule has 0 radical (unpaired) electrons. The fourth-order valence-corrected chi connectivity index (χ4v) is 3.42. The number of ether oxygens (including phenoxy) is 1. The summed E-state index contributed by atoms with van der Waals surface area (Å²) in [4.78, 5) is 26.3. The van der Waals surface area contributed by atoms with E-state index in [2.05, 4.69) is 10.6 Å². The van der Waals surface area contributed by atoms with Crippen molar-refractivity contribution in [2.45, 2.75) is 51.8 Å². The number of Topliss-reactive ketones (excluding diaryl/α,β-unsaturated/α-hetero) is 1. The second-order valence-corrected chi connectivity index (χ2v) is 7.77. The fourth-order valence-electron chi connectivity index (χ4n) is 3.42. The molecule has 1 heterocycles. The van der Waals surface area contributed by atoms with Gasteiger partial charge in [-0.05, 0) is 58.2 Å². The zero-order chi connectivity index (χ0) is 19.5. The van der Waals surface area contributed by atoms with Gasteiger partial charge in [0.15, 0.2) is 0 Å². The average Bonchev–Trinajstić information content (AvgIpc) is 2.88. The number of nitrogens with zero attached hydrogens (tertiary/aromatic N) is 1. The highest BCUT2D eigenvalue weighted by molar-refractivity contribution is 5.78. The summed E-state index contributed by atoms with van der Waals surface area (Å²) >= 11 is 0. The molecule has 0 aromatic heterocycles. The summed E-state index contributed by atoms with van der Waals surface area (Å²) in [6.45, 7) is 7.98. The first-order valence-electron chi connectivity index (χ1n) is 8.91. The standard InChI is InChI=1S/C19H30N4O3/c1-13(24)12-23-10-6-9-19(23,22-17(25)26-18(2,3)4)14-7-8-16(21-5)15(20)11-14/h7-8,11,21H,6,9-10,12,20H2,1-5H3,(H,22,25)/t19-/m1/s1. The molecule has 4 N–H and O–H groups in total. The average molecular weight is 362 g/mol. The first kappa shape index (κ1) is 20.0. The summed E-state index contributed by atoms with van der Waals surface area (Å²) in [7, 11) is 1.80. The molecule has 1 aromatic rings. The van der Waals surface area contributed by atoms with Gasteiger partial charge in [-0.25, -0.2) is 4.79 Å². The molecule has 0 bridgehead atoms. The third kappa shape index (κ3) is 4.46. The maximum Gasteiger partial charge on any atom is 0.409 e. The molecule has 0 aliphatic carbocycles. The lowest BCUT2D eigenvalue weighted by atomic mass is 9.95. The molecule has 7 nitrogen and oxygen atoms in total. The summed E-state index contributed by atoms with van der Waals surface area (Å²) in [5.41, 5.74) is 6.98. The number of anilines is 2. The number of alkyl carbamates (subject to hydrolysis) is 1. The molecular weight excluding hydrogens is 332 g/mol. The van der Waals surface area contributed by atoms with Crippen molar-refractivity contribution in [1.29, 1.82) is 0 Å². The molecule has 1 aliphatic heterocycles. The number of nitrogens with two attached hydrogens (primary N) is 1. The highest BCUT2D eigenvalue weighted by Crippen LogP contribution is 2.38. The Morgan fingerprint density at radius 3 is 2.58 bits per heavy atom. The maximum atomic E-state index is 12.5. The van der Waals surface area contributed by atoms with Crippen LogP contribution >= 0.6 is 0 Å². The van der Waals surface area contributed by atoms with Crippen molar-refractivity contribution in [3.8, 4) is 0 Å². The van der Waals surface area contributed by atoms with Crippen molar-refractivity contribution in [1.82, 2.24) is 10.2 Å². The second kappa shape index (κ2) is 7.53. The Labute approximate surface area is 155 Å². The van der Waals surface area contributed by atoms with Crippen molar-refractivity contribution in [2.24, 2.45) is 0 Å². The van der Waals surface area contributed by atoms with E-state index in [1.807, 2.05) is 43.9 Å². The number of nitrogen functional groups attached to an aromatic ring is 1. The topological polar surface area (TPSA) is 96.7 Å². The lowest BCUT2D eigenvalue weighted by molar-refractivity contribution is -0.119. The van der Waals surface area contributed by atoms with Crippen molar-refractivity contribution in [3.63, 3.8) is 0 Å². The van der Waals surface area contributed by atoms with Gasteiger partial charge < -0.3 is 15.8 Å². The highest BCUT2D eigenvalue weighted by Gasteiger charge is 2.45. The van der Waals surface area contributed by atoms with E-state index in [0.717, 1.165) is 17.7 Å². The number of hydrogen-bond donors (Lipinski definition) is 3. The van der Waals surface area contributed by atoms with Gasteiger partial charge in [0, 0.05) is 13.6 Å². The minimum Gasteiger partial charge on any atom is -0.444 e. The molecule has 1 amide bonds. The van der Waals surface area contributed by atoms with Crippen LogP contribution in [0.4, 0.5) is 16.2 Å². The predicted octanol–water partition coefficient (Wildman–Crippen LogP) is 2.67. The first-order chi connectivity index (χ1) is 12.1. The highest BCUT2D eigenvalue weighted by atomic mass is 16.6. The van der Waals surface area contributed by atoms with Gasteiger partial charge in [-0.2, -0.15) is 0 Å². The van der Waals surface area contributed by atoms with Crippen LogP contribution in [0.15, 0.2) is 18.2 Å². The number of rotatable bonds is 5. The molecule has 1 aliphatic rings. The van der Waals surface area contributed by atoms with Crippen LogP contribution in [0, 0.1) is 0 Å². The molecule has 0 spiro atoms. The molecular formula is C19H30N4O3. The molecule has 2 rings (SSSR count). The smallest absolute Gasteiger partial charge is 0.409 e. The van der Waals surface area contributed by atoms with Crippen LogP contribution in [-0.2, 0) is 15.2 Å². The van der Waals surface area contributed by atoms with Gasteiger partial charge in [0.05, 0.1) is 17.9 Å². The number of amides is 1. The predicted molar refractivity (Wildman–Crippen MR) is 103 cm³/mol. The SMILES string of the molecule is CNc1ccc([C@@]2(NC(=O)OC(C)(C)C)CCCN2CC(C)=O)cc1N. The van der Waals surface area contributed by atoms with Crippen molar-refractivity contribution in [3.05, 3.63) is 23.8 Å². The van der Waals surface area contributed by atoms with Crippen LogP contribution in [-0.4, -0.2) is 42.5 Å². The Bertz CT molecular complexity index is 684. The molecule has 1 aromatic carbocycles. The zero-order valence-corrected chi connectivity index (χ0v) is 16.3. The third-order valence-corrected chi connectivity index (χ3v) is 4.43. The Kier molecular flexibility index (Phi) is 5.81. The fraction of sp³-hybridized carbons (Fsp3) is 0.579. The lowest BCUT2D eigenvalue weighted by Crippen LogP contribution is -2.56. The molecule has 144 valence electrons. The molecule has 0 saturated carbocycles. The molecule has 0 unspecified atom stereocenters. The lowest BCUT2D eigenvalue weighted by Gasteiger charge is -2.40. The van der Waals surface area contributed by atoms with E-state index in [1.54, 1.807) is 14.0 Å². The zero-order valence-electron chi connectivity index (χ0n) is 16.3. The molecule has 7 heteroatoms. The number of hydrogen-bond acceptors (Lipinski definition) is 6. The second-order valence-electron chi connectivity index (χ2n) is 7.77. The number of carbonyl (C=O) groups is 2. The monoisotopic (exact) mass is 362 g/mol. The number of ketones is 1. The van der Waals surface area contributed by atoms with E-state index in [1.165, 1.54) is 0 Å². The first-order valence-corrected chi connectivity index (χ1v) is 8.91. The van der Waals surface area contributed by atoms with Gasteiger partial charge in [-0.1, -0.05) is 6.07 Å². The van der Waals surface area contributed by atoms with Gasteiger partial charge in [0.25, 0.3) is 0 Å². The Morgan fingerprint density at radius 2 is 2.04 bits per heavy atom.